The van der Waals surface area contributed by atoms with Crippen LogP contribution in [0.3, 0.4) is 0 Å². The molecule has 4 heteroatoms. The fourth-order valence-corrected chi connectivity index (χ4v) is 2.44. The molecule has 0 fully saturated rings. The van der Waals surface area contributed by atoms with Crippen molar-refractivity contribution in [1.29, 1.82) is 0 Å². The summed E-state index contributed by atoms with van der Waals surface area (Å²) in [4.78, 5) is 24.2. The second-order valence-corrected chi connectivity index (χ2v) is 5.47. The number of benzene rings is 2. The molecule has 0 radical (unpaired) electrons. The van der Waals surface area contributed by atoms with Gasteiger partial charge in [-0.05, 0) is 37.6 Å². The van der Waals surface area contributed by atoms with E-state index >= 15 is 0 Å². The summed E-state index contributed by atoms with van der Waals surface area (Å²) >= 11 is 0. The van der Waals surface area contributed by atoms with Crippen molar-refractivity contribution in [2.45, 2.75) is 13.8 Å². The van der Waals surface area contributed by atoms with Crippen LogP contribution >= 0.6 is 0 Å². The lowest BCUT2D eigenvalue weighted by Gasteiger charge is -2.06. The third-order valence-electron chi connectivity index (χ3n) is 3.64. The maximum absolute atomic E-state index is 12.1. The fourth-order valence-electron chi connectivity index (χ4n) is 2.44. The number of esters is 1. The van der Waals surface area contributed by atoms with Gasteiger partial charge in [-0.1, -0.05) is 35.9 Å². The van der Waals surface area contributed by atoms with Crippen molar-refractivity contribution in [1.82, 2.24) is 0 Å². The second kappa shape index (κ2) is 6.08. The topological polar surface area (TPSA) is 56.5 Å². The van der Waals surface area contributed by atoms with Crippen LogP contribution in [0.4, 0.5) is 0 Å². The second-order valence-electron chi connectivity index (χ2n) is 5.47. The molecule has 1 heterocycles. The molecule has 0 N–H and O–H groups in total. The molecule has 0 saturated carbocycles. The van der Waals surface area contributed by atoms with Gasteiger partial charge < -0.3 is 9.15 Å². The standard InChI is InChI=1S/C19H16O4/c1-12-7-8-15(13(2)9-12)19(21)22-11-16(20)18-10-14-5-3-4-6-17(14)23-18/h3-10H,11H2,1-2H3. The Morgan fingerprint density at radius 3 is 2.57 bits per heavy atom. The number of carbonyl (C=O) groups is 2. The number of ketones is 1. The van der Waals surface area contributed by atoms with Gasteiger partial charge in [0.1, 0.15) is 5.58 Å². The summed E-state index contributed by atoms with van der Waals surface area (Å²) in [6, 6.07) is 14.4. The predicted molar refractivity (Wildman–Crippen MR) is 86.7 cm³/mol. The Kier molecular flexibility index (Phi) is 3.98. The number of hydrogen-bond donors (Lipinski definition) is 0. The van der Waals surface area contributed by atoms with Gasteiger partial charge in [-0.25, -0.2) is 4.79 Å². The van der Waals surface area contributed by atoms with Gasteiger partial charge in [0.15, 0.2) is 12.4 Å². The van der Waals surface area contributed by atoms with Gasteiger partial charge >= 0.3 is 5.97 Å². The molecule has 0 bridgehead atoms. The Bertz CT molecular complexity index is 856. The Morgan fingerprint density at radius 2 is 1.83 bits per heavy atom. The first-order valence-electron chi connectivity index (χ1n) is 7.31. The average molecular weight is 308 g/mol. The summed E-state index contributed by atoms with van der Waals surface area (Å²) in [5, 5.41) is 0.844. The quantitative estimate of drug-likeness (QED) is 0.538. The first-order valence-corrected chi connectivity index (χ1v) is 7.31. The lowest BCUT2D eigenvalue weighted by molar-refractivity contribution is 0.0467. The molecular formula is C19H16O4. The van der Waals surface area contributed by atoms with Crippen LogP contribution in [0.25, 0.3) is 11.0 Å². The van der Waals surface area contributed by atoms with Crippen molar-refractivity contribution < 1.29 is 18.7 Å². The highest BCUT2D eigenvalue weighted by Crippen LogP contribution is 2.19. The summed E-state index contributed by atoms with van der Waals surface area (Å²) in [7, 11) is 0. The molecular weight excluding hydrogens is 292 g/mol. The predicted octanol–water partition coefficient (Wildman–Crippen LogP) is 4.09. The minimum absolute atomic E-state index is 0.194. The van der Waals surface area contributed by atoms with E-state index < -0.39 is 5.97 Å². The molecule has 0 amide bonds. The van der Waals surface area contributed by atoms with Crippen molar-refractivity contribution in [3.8, 4) is 0 Å². The maximum Gasteiger partial charge on any atom is 0.338 e. The summed E-state index contributed by atoms with van der Waals surface area (Å²) in [6.07, 6.45) is 0. The summed E-state index contributed by atoms with van der Waals surface area (Å²) in [5.41, 5.74) is 2.99. The Labute approximate surface area is 133 Å². The molecule has 116 valence electrons. The largest absolute Gasteiger partial charge is 0.454 e. The van der Waals surface area contributed by atoms with Crippen LogP contribution < -0.4 is 0 Å². The monoisotopic (exact) mass is 308 g/mol. The van der Waals surface area contributed by atoms with Crippen molar-refractivity contribution in [2.24, 2.45) is 0 Å². The molecule has 0 aliphatic rings. The smallest absolute Gasteiger partial charge is 0.338 e. The zero-order valence-electron chi connectivity index (χ0n) is 13.0. The van der Waals surface area contributed by atoms with Gasteiger partial charge in [-0.3, -0.25) is 4.79 Å². The highest BCUT2D eigenvalue weighted by Gasteiger charge is 2.16. The van der Waals surface area contributed by atoms with Gasteiger partial charge in [-0.2, -0.15) is 0 Å². The molecule has 1 aromatic heterocycles. The van der Waals surface area contributed by atoms with Crippen LogP contribution in [-0.4, -0.2) is 18.4 Å². The summed E-state index contributed by atoms with van der Waals surface area (Å²) in [6.45, 7) is 3.45. The van der Waals surface area contributed by atoms with Gasteiger partial charge in [-0.15, -0.1) is 0 Å². The van der Waals surface area contributed by atoms with Crippen LogP contribution in [-0.2, 0) is 4.74 Å². The Morgan fingerprint density at radius 1 is 1.04 bits per heavy atom. The SMILES string of the molecule is Cc1ccc(C(=O)OCC(=O)c2cc3ccccc3o2)c(C)c1. The number of ether oxygens (including phenoxy) is 1. The lowest BCUT2D eigenvalue weighted by Crippen LogP contribution is -2.14. The molecule has 3 aromatic rings. The number of para-hydroxylation sites is 1. The number of rotatable bonds is 4. The summed E-state index contributed by atoms with van der Waals surface area (Å²) < 4.78 is 10.6. The van der Waals surface area contributed by atoms with E-state index in [1.165, 1.54) is 0 Å². The van der Waals surface area contributed by atoms with Crippen molar-refractivity contribution >= 4 is 22.7 Å². The van der Waals surface area contributed by atoms with Gasteiger partial charge in [0.2, 0.25) is 5.78 Å². The first-order chi connectivity index (χ1) is 11.0. The molecule has 0 aliphatic heterocycles. The average Bonchev–Trinajstić information content (AvgIpc) is 2.96. The van der Waals surface area contributed by atoms with E-state index in [0.29, 0.717) is 11.1 Å². The minimum atomic E-state index is -0.507. The molecule has 0 aliphatic carbocycles. The van der Waals surface area contributed by atoms with Crippen molar-refractivity contribution in [2.75, 3.05) is 6.61 Å². The van der Waals surface area contributed by atoms with E-state index in [1.807, 2.05) is 44.2 Å². The number of Topliss-reactive ketones (excluding diaryl/α,β-unsaturated/α-hetero) is 1. The highest BCUT2D eigenvalue weighted by molar-refractivity contribution is 6.00. The van der Waals surface area contributed by atoms with E-state index in [0.717, 1.165) is 16.5 Å². The Hall–Kier alpha value is -2.88. The number of fused-ring (bicyclic) bond motifs is 1. The van der Waals surface area contributed by atoms with E-state index in [1.54, 1.807) is 18.2 Å². The van der Waals surface area contributed by atoms with Gasteiger partial charge in [0.05, 0.1) is 5.56 Å². The Balaban J connectivity index is 1.69. The maximum atomic E-state index is 12.1. The lowest BCUT2D eigenvalue weighted by atomic mass is 10.1. The van der Waals surface area contributed by atoms with Crippen LogP contribution in [0.15, 0.2) is 52.9 Å². The number of aryl methyl sites for hydroxylation is 2. The van der Waals surface area contributed by atoms with Crippen molar-refractivity contribution in [3.05, 3.63) is 71.0 Å². The molecule has 0 saturated heterocycles. The zero-order chi connectivity index (χ0) is 16.4. The molecule has 4 nitrogen and oxygen atoms in total. The molecule has 3 rings (SSSR count). The van der Waals surface area contributed by atoms with Crippen LogP contribution in [0.1, 0.15) is 32.0 Å². The normalized spacial score (nSPS) is 10.7. The number of furan rings is 1. The van der Waals surface area contributed by atoms with Crippen LogP contribution in [0.2, 0.25) is 0 Å². The van der Waals surface area contributed by atoms with E-state index in [4.69, 9.17) is 9.15 Å². The van der Waals surface area contributed by atoms with Gasteiger partial charge in [0.25, 0.3) is 0 Å². The van der Waals surface area contributed by atoms with Crippen LogP contribution in [0.5, 0.6) is 0 Å². The molecule has 0 unspecified atom stereocenters. The molecule has 0 spiro atoms. The third-order valence-corrected chi connectivity index (χ3v) is 3.64. The molecule has 0 atom stereocenters. The highest BCUT2D eigenvalue weighted by atomic mass is 16.5. The minimum Gasteiger partial charge on any atom is -0.454 e. The van der Waals surface area contributed by atoms with Crippen LogP contribution in [0, 0.1) is 13.8 Å². The van der Waals surface area contributed by atoms with E-state index in [-0.39, 0.29) is 18.2 Å². The van der Waals surface area contributed by atoms with E-state index in [2.05, 4.69) is 0 Å². The molecule has 2 aromatic carbocycles. The first kappa shape index (κ1) is 15.0. The summed E-state index contributed by atoms with van der Waals surface area (Å²) in [5.74, 6) is -0.675. The number of hydrogen-bond acceptors (Lipinski definition) is 4. The van der Waals surface area contributed by atoms with E-state index in [9.17, 15) is 9.59 Å². The molecule has 23 heavy (non-hydrogen) atoms. The van der Waals surface area contributed by atoms with Crippen molar-refractivity contribution in [3.63, 3.8) is 0 Å². The zero-order valence-corrected chi connectivity index (χ0v) is 13.0. The van der Waals surface area contributed by atoms with Gasteiger partial charge in [0, 0.05) is 5.39 Å². The number of carbonyl (C=O) groups excluding carboxylic acids is 2. The fraction of sp³-hybridized carbons (Fsp3) is 0.158. The third kappa shape index (κ3) is 3.16.